The topological polar surface area (TPSA) is 111 Å². The first kappa shape index (κ1) is 35.1. The minimum Gasteiger partial charge on any atom is -0.399 e. The number of anilines is 1. The van der Waals surface area contributed by atoms with Crippen LogP contribution in [0.2, 0.25) is 0 Å². The van der Waals surface area contributed by atoms with Crippen molar-refractivity contribution in [1.82, 2.24) is 15.0 Å². The van der Waals surface area contributed by atoms with Crippen molar-refractivity contribution < 1.29 is 23.7 Å². The van der Waals surface area contributed by atoms with Gasteiger partial charge in [-0.25, -0.2) is 0 Å². The Morgan fingerprint density at radius 2 is 0.788 bits per heavy atom. The van der Waals surface area contributed by atoms with Gasteiger partial charge in [-0.05, 0) is 69.8 Å². The van der Waals surface area contributed by atoms with E-state index in [0.29, 0.717) is 66.1 Å². The van der Waals surface area contributed by atoms with Crippen LogP contribution in [0.1, 0.15) is 33.6 Å². The predicted octanol–water partition coefficient (Wildman–Crippen LogP) is 7.95. The fourth-order valence-corrected chi connectivity index (χ4v) is 5.80. The summed E-state index contributed by atoms with van der Waals surface area (Å²) in [6.07, 6.45) is 3.74. The molecule has 10 rings (SSSR count). The number of benzene rings is 3. The number of nitrogen functional groups attached to an aromatic ring is 1. The lowest BCUT2D eigenvalue weighted by molar-refractivity contribution is 0.00702. The number of pyridine rings is 3. The molecule has 0 fully saturated rings. The Hall–Kier alpha value is -5.29. The predicted molar refractivity (Wildman–Crippen MR) is 201 cm³/mol. The average Bonchev–Trinajstić information content (AvgIpc) is 3.18. The second-order valence-electron chi connectivity index (χ2n) is 12.7. The first-order valence-corrected chi connectivity index (χ1v) is 17.5. The molecule has 2 N–H and O–H groups in total. The van der Waals surface area contributed by atoms with E-state index in [0.717, 1.165) is 73.0 Å². The Morgan fingerprint density at radius 3 is 1.23 bits per heavy atom. The molecule has 4 aliphatic rings. The monoisotopic (exact) mass is 694 g/mol. The Morgan fingerprint density at radius 1 is 0.385 bits per heavy atom. The Kier molecular flexibility index (Phi) is 12.0. The van der Waals surface area contributed by atoms with E-state index in [1.165, 1.54) is 0 Å². The third-order valence-electron chi connectivity index (χ3n) is 8.66. The smallest absolute Gasteiger partial charge is 0.0892 e. The molecular formula is C43H42N4O5. The molecule has 264 valence electrons. The van der Waals surface area contributed by atoms with E-state index in [9.17, 15) is 0 Å². The zero-order valence-electron chi connectivity index (χ0n) is 29.1. The molecule has 0 radical (unpaired) electrons. The molecule has 9 nitrogen and oxygen atoms in total. The molecule has 0 aliphatic carbocycles. The molecular weight excluding hydrogens is 652 g/mol. The van der Waals surface area contributed by atoms with Crippen LogP contribution in [0.3, 0.4) is 0 Å². The molecule has 0 atom stereocenters. The molecule has 9 heteroatoms. The van der Waals surface area contributed by atoms with Gasteiger partial charge < -0.3 is 29.4 Å². The summed E-state index contributed by atoms with van der Waals surface area (Å²) in [4.78, 5) is 14.4. The molecule has 0 spiro atoms. The third kappa shape index (κ3) is 9.94. The second kappa shape index (κ2) is 17.8. The molecule has 0 saturated heterocycles. The minimum absolute atomic E-state index is 0.352. The molecule has 0 unspecified atom stereocenters. The number of hydrogen-bond acceptors (Lipinski definition) is 9. The average molecular weight is 695 g/mol. The van der Waals surface area contributed by atoms with Gasteiger partial charge in [0.05, 0.1) is 88.8 Å². The Balaban J connectivity index is 1.07. The van der Waals surface area contributed by atoms with Gasteiger partial charge in [0.2, 0.25) is 0 Å². The van der Waals surface area contributed by atoms with Crippen LogP contribution in [-0.2, 0) is 63.3 Å². The molecule has 6 aromatic rings. The lowest BCUT2D eigenvalue weighted by Gasteiger charge is -2.12. The number of ether oxygens (including phenoxy) is 5. The Bertz CT molecular complexity index is 1920. The standard InChI is InChI=1S/C43H42N4O5/c44-39-13-9-35(10-14-39)36-11-15-42(45-23-36)43-16-12-37(24-46-43)38-21-40-29-51-27-33-5-1-31(2-6-33)25-49-19-17-48-18-20-50-26-32-3-7-34(8-4-32)28-52-30-41(22-38)47-40/h1-16,21-24H,17-20,25-30,44H2. The van der Waals surface area contributed by atoms with Crippen molar-refractivity contribution >= 4 is 5.69 Å². The summed E-state index contributed by atoms with van der Waals surface area (Å²) >= 11 is 0. The zero-order valence-corrected chi connectivity index (χ0v) is 29.1. The second-order valence-corrected chi connectivity index (χ2v) is 12.7. The van der Waals surface area contributed by atoms with Crippen molar-refractivity contribution in [3.8, 4) is 33.6 Å². The van der Waals surface area contributed by atoms with Gasteiger partial charge in [0.1, 0.15) is 0 Å². The van der Waals surface area contributed by atoms with Crippen molar-refractivity contribution in [2.75, 3.05) is 32.2 Å². The first-order chi connectivity index (χ1) is 25.6. The van der Waals surface area contributed by atoms with Gasteiger partial charge in [0.25, 0.3) is 0 Å². The quantitative estimate of drug-likeness (QED) is 0.185. The summed E-state index contributed by atoms with van der Waals surface area (Å²) in [7, 11) is 0. The van der Waals surface area contributed by atoms with Crippen molar-refractivity contribution in [3.63, 3.8) is 0 Å². The van der Waals surface area contributed by atoms with E-state index < -0.39 is 0 Å². The highest BCUT2D eigenvalue weighted by molar-refractivity contribution is 5.69. The van der Waals surface area contributed by atoms with Crippen molar-refractivity contribution in [2.24, 2.45) is 0 Å². The van der Waals surface area contributed by atoms with Crippen molar-refractivity contribution in [1.29, 1.82) is 0 Å². The van der Waals surface area contributed by atoms with Crippen LogP contribution >= 0.6 is 0 Å². The summed E-state index contributed by atoms with van der Waals surface area (Å²) in [5.41, 5.74) is 18.2. The van der Waals surface area contributed by atoms with Crippen LogP contribution in [0.15, 0.2) is 122 Å². The molecule has 52 heavy (non-hydrogen) atoms. The van der Waals surface area contributed by atoms with Crippen LogP contribution in [0, 0.1) is 0 Å². The largest absolute Gasteiger partial charge is 0.399 e. The van der Waals surface area contributed by atoms with Crippen LogP contribution < -0.4 is 5.73 Å². The van der Waals surface area contributed by atoms with E-state index in [-0.39, 0.29) is 0 Å². The summed E-state index contributed by atoms with van der Waals surface area (Å²) in [5, 5.41) is 0. The highest BCUT2D eigenvalue weighted by Crippen LogP contribution is 2.26. The maximum absolute atomic E-state index is 6.15. The Labute approximate surface area is 304 Å². The van der Waals surface area contributed by atoms with Gasteiger partial charge in [0.15, 0.2) is 0 Å². The summed E-state index contributed by atoms with van der Waals surface area (Å²) in [6.45, 7) is 4.80. The van der Waals surface area contributed by atoms with Gasteiger partial charge >= 0.3 is 0 Å². The zero-order chi connectivity index (χ0) is 35.4. The van der Waals surface area contributed by atoms with Gasteiger partial charge in [-0.3, -0.25) is 15.0 Å². The first-order valence-electron chi connectivity index (χ1n) is 17.5. The molecule has 4 aliphatic heterocycles. The summed E-state index contributed by atoms with van der Waals surface area (Å²) in [6, 6.07) is 36.5. The van der Waals surface area contributed by atoms with Gasteiger partial charge in [-0.15, -0.1) is 0 Å². The lowest BCUT2D eigenvalue weighted by atomic mass is 10.0. The normalized spacial score (nSPS) is 15.0. The lowest BCUT2D eigenvalue weighted by Crippen LogP contribution is -2.09. The number of rotatable bonds is 3. The van der Waals surface area contributed by atoms with Gasteiger partial charge in [0, 0.05) is 29.2 Å². The van der Waals surface area contributed by atoms with E-state index in [4.69, 9.17) is 39.4 Å². The highest BCUT2D eigenvalue weighted by atomic mass is 16.5. The fourth-order valence-electron chi connectivity index (χ4n) is 5.80. The molecule has 3 aromatic carbocycles. The molecule has 7 heterocycles. The fraction of sp³-hybridized carbons (Fsp3) is 0.233. The van der Waals surface area contributed by atoms with Crippen LogP contribution in [0.4, 0.5) is 5.69 Å². The molecule has 0 amide bonds. The summed E-state index contributed by atoms with van der Waals surface area (Å²) in [5.74, 6) is 0. The van der Waals surface area contributed by atoms with E-state index >= 15 is 0 Å². The number of aromatic nitrogens is 3. The van der Waals surface area contributed by atoms with Crippen LogP contribution in [-0.4, -0.2) is 41.4 Å². The van der Waals surface area contributed by atoms with Crippen molar-refractivity contribution in [2.45, 2.75) is 39.6 Å². The van der Waals surface area contributed by atoms with Crippen molar-refractivity contribution in [3.05, 3.63) is 155 Å². The van der Waals surface area contributed by atoms with Crippen LogP contribution in [0.25, 0.3) is 33.6 Å². The maximum atomic E-state index is 6.15. The van der Waals surface area contributed by atoms with E-state index in [1.807, 2.05) is 48.8 Å². The molecule has 3 aromatic heterocycles. The minimum atomic E-state index is 0.352. The molecule has 0 saturated carbocycles. The number of nitrogens with two attached hydrogens (primary N) is 1. The van der Waals surface area contributed by atoms with Gasteiger partial charge in [-0.2, -0.15) is 0 Å². The third-order valence-corrected chi connectivity index (χ3v) is 8.66. The van der Waals surface area contributed by atoms with Crippen LogP contribution in [0.5, 0.6) is 0 Å². The molecule has 6 bridgehead atoms. The SMILES string of the molecule is Nc1ccc(-c2ccc(-c3ccc(-c4cc5nc(c4)COCc4ccc(cc4)COCCOCCOCc4ccc(cc4)COC5)cn3)nc2)cc1. The van der Waals surface area contributed by atoms with E-state index in [2.05, 4.69) is 77.8 Å². The maximum Gasteiger partial charge on any atom is 0.0892 e. The number of hydrogen-bond donors (Lipinski definition) is 1. The highest BCUT2D eigenvalue weighted by Gasteiger charge is 2.10. The van der Waals surface area contributed by atoms with Gasteiger partial charge in [-0.1, -0.05) is 72.8 Å². The van der Waals surface area contributed by atoms with E-state index in [1.54, 1.807) is 0 Å². The summed E-state index contributed by atoms with van der Waals surface area (Å²) < 4.78 is 29.5. The number of nitrogens with zero attached hydrogens (tertiary/aromatic N) is 3.